The number of esters is 6. The van der Waals surface area contributed by atoms with Crippen molar-refractivity contribution in [3.8, 4) is 0 Å². The van der Waals surface area contributed by atoms with E-state index in [4.69, 9.17) is 28.4 Å². The molecule has 0 radical (unpaired) electrons. The third-order valence-electron chi connectivity index (χ3n) is 35.1. The fourth-order valence-corrected chi connectivity index (χ4v) is 30.5. The Morgan fingerprint density at radius 1 is 0.379 bits per heavy atom. The summed E-state index contributed by atoms with van der Waals surface area (Å²) in [6, 6.07) is 0. The van der Waals surface area contributed by atoms with Gasteiger partial charge in [0.15, 0.2) is 0 Å². The highest BCUT2D eigenvalue weighted by atomic mass is 16.6. The SMILES string of the molecule is C.C.C.C.C.C.CCC(C)(C)C(=O)OC1CC2CC1C1C3CC(CC3C(=O)OC3(C)CCCCC3)C21.CCC(C)C(=O)OC1CC2CC1C1C3CC(CC3C(=O)OC3(C)C4CC5CC(C4)CC3C5)C21.CCC(C)C(=O)OC1CC2CC1C1C3CC(CC3C(=O)OC3(CC)C4CC5CC(C4)CC3C5)C21. The molecule has 21 saturated carbocycles. The van der Waals surface area contributed by atoms with E-state index in [1.54, 1.807) is 0 Å². The highest BCUT2D eigenvalue weighted by Crippen LogP contribution is 2.73. The Kier molecular flexibility index (Phi) is 23.5. The molecule has 0 N–H and O–H groups in total. The maximum absolute atomic E-state index is 13.9. The smallest absolute Gasteiger partial charge is 0.311 e. The summed E-state index contributed by atoms with van der Waals surface area (Å²) in [7, 11) is 0. The number of fused-ring (bicyclic) bond motifs is 27. The van der Waals surface area contributed by atoms with Crippen LogP contribution in [-0.2, 0) is 57.2 Å². The molecule has 0 aromatic carbocycles. The first-order valence-corrected chi connectivity index (χ1v) is 41.8. The second-order valence-corrected chi connectivity index (χ2v) is 39.8. The van der Waals surface area contributed by atoms with E-state index in [2.05, 4.69) is 41.5 Å². The summed E-state index contributed by atoms with van der Waals surface area (Å²) in [5, 5.41) is 0. The van der Waals surface area contributed by atoms with Crippen LogP contribution in [0.25, 0.3) is 0 Å². The second-order valence-electron chi connectivity index (χ2n) is 39.8. The zero-order valence-electron chi connectivity index (χ0n) is 61.4. The lowest BCUT2D eigenvalue weighted by molar-refractivity contribution is -0.217. The molecule has 0 amide bonds. The summed E-state index contributed by atoms with van der Waals surface area (Å²) in [6.45, 7) is 20.8. The summed E-state index contributed by atoms with van der Waals surface area (Å²) in [6.07, 6.45) is 36.1. The summed E-state index contributed by atoms with van der Waals surface area (Å²) < 4.78 is 37.7. The van der Waals surface area contributed by atoms with Crippen LogP contribution < -0.4 is 0 Å². The maximum Gasteiger partial charge on any atom is 0.311 e. The number of carbonyl (C=O) groups excluding carboxylic acids is 6. The van der Waals surface area contributed by atoms with E-state index in [9.17, 15) is 28.8 Å². The molecular weight excluding hydrogens is 1280 g/mol. The highest BCUT2D eigenvalue weighted by molar-refractivity contribution is 5.77. The van der Waals surface area contributed by atoms with Gasteiger partial charge in [-0.3, -0.25) is 28.8 Å². The molecule has 12 nitrogen and oxygen atoms in total. The molecule has 0 aromatic rings. The van der Waals surface area contributed by atoms with E-state index in [0.717, 1.165) is 118 Å². The Hall–Kier alpha value is -3.18. The van der Waals surface area contributed by atoms with Crippen LogP contribution in [0.1, 0.15) is 313 Å². The molecule has 26 atom stereocenters. The van der Waals surface area contributed by atoms with Crippen molar-refractivity contribution in [3.63, 3.8) is 0 Å². The Bertz CT molecular complexity index is 2990. The molecule has 0 heterocycles. The van der Waals surface area contributed by atoms with E-state index in [1.807, 2.05) is 27.7 Å². The van der Waals surface area contributed by atoms with Crippen LogP contribution >= 0.6 is 0 Å². The first-order valence-electron chi connectivity index (χ1n) is 41.8. The molecule has 0 saturated heterocycles. The van der Waals surface area contributed by atoms with E-state index >= 15 is 0 Å². The number of hydrogen-bond acceptors (Lipinski definition) is 12. The molecule has 21 fully saturated rings. The molecular formula is C91H150O12. The first-order chi connectivity index (χ1) is 46.5. The van der Waals surface area contributed by atoms with Gasteiger partial charge in [-0.1, -0.05) is 92.5 Å². The third-order valence-corrected chi connectivity index (χ3v) is 35.1. The normalized spacial score (nSPS) is 48.4. The Morgan fingerprint density at radius 2 is 0.709 bits per heavy atom. The van der Waals surface area contributed by atoms with Crippen molar-refractivity contribution in [1.82, 2.24) is 0 Å². The zero-order valence-corrected chi connectivity index (χ0v) is 61.4. The number of carbonyl (C=O) groups is 6. The molecule has 586 valence electrons. The Labute approximate surface area is 626 Å². The van der Waals surface area contributed by atoms with Gasteiger partial charge in [0.05, 0.1) is 35.0 Å². The largest absolute Gasteiger partial charge is 0.462 e. The number of rotatable bonds is 16. The predicted octanol–water partition coefficient (Wildman–Crippen LogP) is 21.0. The van der Waals surface area contributed by atoms with Crippen molar-refractivity contribution in [2.24, 2.45) is 189 Å². The van der Waals surface area contributed by atoms with Crippen molar-refractivity contribution in [2.75, 3.05) is 0 Å². The van der Waals surface area contributed by atoms with Gasteiger partial charge in [-0.05, 0) is 374 Å². The van der Waals surface area contributed by atoms with Crippen LogP contribution in [-0.4, -0.2) is 70.9 Å². The van der Waals surface area contributed by atoms with Crippen LogP contribution in [0.3, 0.4) is 0 Å². The van der Waals surface area contributed by atoms with Crippen LogP contribution in [0.15, 0.2) is 0 Å². The lowest BCUT2D eigenvalue weighted by Gasteiger charge is -2.60. The highest BCUT2D eigenvalue weighted by Gasteiger charge is 2.71. The monoisotopic (exact) mass is 1440 g/mol. The molecule has 20 bridgehead atoms. The Balaban J connectivity index is 0.000000151. The molecule has 0 spiro atoms. The van der Waals surface area contributed by atoms with Gasteiger partial charge >= 0.3 is 35.8 Å². The summed E-state index contributed by atoms with van der Waals surface area (Å²) in [5.74, 6) is 17.6. The third kappa shape index (κ3) is 13.1. The van der Waals surface area contributed by atoms with Crippen molar-refractivity contribution in [1.29, 1.82) is 0 Å². The molecule has 21 aliphatic rings. The second kappa shape index (κ2) is 29.9. The molecule has 26 unspecified atom stereocenters. The van der Waals surface area contributed by atoms with E-state index in [0.29, 0.717) is 112 Å². The van der Waals surface area contributed by atoms with E-state index < -0.39 is 5.41 Å². The molecule has 21 aliphatic carbocycles. The van der Waals surface area contributed by atoms with Gasteiger partial charge in [0.1, 0.15) is 35.1 Å². The topological polar surface area (TPSA) is 158 Å². The molecule has 0 aliphatic heterocycles. The van der Waals surface area contributed by atoms with Crippen molar-refractivity contribution >= 4 is 35.8 Å². The molecule has 12 heteroatoms. The van der Waals surface area contributed by atoms with Crippen molar-refractivity contribution < 1.29 is 57.2 Å². The number of hydrogen-bond donors (Lipinski definition) is 0. The van der Waals surface area contributed by atoms with Crippen LogP contribution in [0, 0.1) is 189 Å². The van der Waals surface area contributed by atoms with Gasteiger partial charge in [-0.15, -0.1) is 0 Å². The average Bonchev–Trinajstić information content (AvgIpc) is 1.57. The zero-order chi connectivity index (χ0) is 67.3. The minimum absolute atomic E-state index is 0. The Morgan fingerprint density at radius 3 is 1.07 bits per heavy atom. The van der Waals surface area contributed by atoms with E-state index in [-0.39, 0.29) is 145 Å². The average molecular weight is 1440 g/mol. The fourth-order valence-electron chi connectivity index (χ4n) is 30.5. The standard InChI is InChI=1S/C30H44O4.C29H42O4.C26H40O4.6CH4/c1-4-15(3)28(31)33-25-14-19-13-24(25)27-22-11-18(26(19)27)12-23(22)29(32)34-30(5-2)20-7-16-6-17(9-20)10-21(30)8-16;1-4-14(2)27(30)32-24-13-18-12-23(24)26-21-10-17(25(18)26)11-22(21)28(31)33-29(3)19-6-15-5-16(8-19)9-20(29)7-15;1-5-25(2,3)24(28)29-20-14-16-13-19(20)22-17-11-15(21(16)22)12-18(17)23(27)30-26(4)9-7-6-8-10-26;;;;;;/h15-27H,4-14H2,1-3H3;14-26H,4-13H2,1-3H3;15-22H,5-14H2,1-4H3;6*1H4. The van der Waals surface area contributed by atoms with Crippen molar-refractivity contribution in [3.05, 3.63) is 0 Å². The minimum Gasteiger partial charge on any atom is -0.462 e. The maximum atomic E-state index is 13.9. The first kappa shape index (κ1) is 80.8. The van der Waals surface area contributed by atoms with Gasteiger partial charge in [0, 0.05) is 0 Å². The van der Waals surface area contributed by atoms with Gasteiger partial charge in [-0.2, -0.15) is 0 Å². The van der Waals surface area contributed by atoms with Crippen LogP contribution in [0.2, 0.25) is 0 Å². The summed E-state index contributed by atoms with van der Waals surface area (Å²) in [5.41, 5.74) is -1.03. The van der Waals surface area contributed by atoms with Crippen LogP contribution in [0.5, 0.6) is 0 Å². The van der Waals surface area contributed by atoms with E-state index in [1.165, 1.54) is 122 Å². The molecule has 103 heavy (non-hydrogen) atoms. The fraction of sp³-hybridized carbons (Fsp3) is 0.934. The van der Waals surface area contributed by atoms with Gasteiger partial charge in [0.2, 0.25) is 0 Å². The van der Waals surface area contributed by atoms with Crippen molar-refractivity contribution in [2.45, 2.75) is 348 Å². The quantitative estimate of drug-likeness (QED) is 0.0819. The summed E-state index contributed by atoms with van der Waals surface area (Å²) >= 11 is 0. The summed E-state index contributed by atoms with van der Waals surface area (Å²) in [4.78, 5) is 78.6. The lowest BCUT2D eigenvalue weighted by Crippen LogP contribution is -2.60. The molecule has 0 aromatic heterocycles. The minimum atomic E-state index is -0.405. The number of ether oxygens (including phenoxy) is 6. The molecule has 21 rings (SSSR count). The van der Waals surface area contributed by atoms with Gasteiger partial charge < -0.3 is 28.4 Å². The predicted molar refractivity (Wildman–Crippen MR) is 407 cm³/mol. The van der Waals surface area contributed by atoms with Gasteiger partial charge in [0.25, 0.3) is 0 Å². The van der Waals surface area contributed by atoms with Gasteiger partial charge in [-0.25, -0.2) is 0 Å². The van der Waals surface area contributed by atoms with Crippen LogP contribution in [0.4, 0.5) is 0 Å². The lowest BCUT2D eigenvalue weighted by atomic mass is 9.49.